The molecule has 1 aliphatic heterocycles. The van der Waals surface area contributed by atoms with E-state index in [9.17, 15) is 4.79 Å². The number of carbonyl (C=O) groups is 1. The highest BCUT2D eigenvalue weighted by molar-refractivity contribution is 7.13. The Morgan fingerprint density at radius 1 is 0.971 bits per heavy atom. The predicted molar refractivity (Wildman–Crippen MR) is 142 cm³/mol. The lowest BCUT2D eigenvalue weighted by Gasteiger charge is -2.40. The molecule has 1 N–H and O–H groups in total. The number of fused-ring (bicyclic) bond motifs is 1. The van der Waals surface area contributed by atoms with Crippen molar-refractivity contribution in [2.75, 3.05) is 44.2 Å². The predicted octanol–water partition coefficient (Wildman–Crippen LogP) is 5.05. The second kappa shape index (κ2) is 11.2. The zero-order valence-electron chi connectivity index (χ0n) is 19.7. The normalized spacial score (nSPS) is 21.8. The van der Waals surface area contributed by atoms with Crippen LogP contribution in [-0.4, -0.2) is 54.4 Å². The average molecular weight is 475 g/mol. The molecule has 1 saturated carbocycles. The van der Waals surface area contributed by atoms with Crippen molar-refractivity contribution in [1.29, 1.82) is 0 Å². The maximum atomic E-state index is 12.4. The van der Waals surface area contributed by atoms with Gasteiger partial charge in [-0.05, 0) is 60.0 Å². The maximum Gasteiger partial charge on any atom is 0.244 e. The molecule has 0 spiro atoms. The summed E-state index contributed by atoms with van der Waals surface area (Å²) in [6.07, 6.45) is 8.64. The molecule has 5 rings (SSSR count). The van der Waals surface area contributed by atoms with Crippen molar-refractivity contribution in [1.82, 2.24) is 14.6 Å². The van der Waals surface area contributed by atoms with Crippen LogP contribution in [0.4, 0.5) is 5.82 Å². The van der Waals surface area contributed by atoms with E-state index in [4.69, 9.17) is 4.37 Å². The molecular weight excluding hydrogens is 440 g/mol. The summed E-state index contributed by atoms with van der Waals surface area (Å²) in [4.78, 5) is 17.5. The molecule has 2 aromatic carbocycles. The number of hydrogen-bond donors (Lipinski definition) is 1. The van der Waals surface area contributed by atoms with E-state index in [-0.39, 0.29) is 5.91 Å². The van der Waals surface area contributed by atoms with Gasteiger partial charge in [0.25, 0.3) is 0 Å². The lowest BCUT2D eigenvalue weighted by molar-refractivity contribution is -0.116. The molecule has 1 amide bonds. The Morgan fingerprint density at radius 2 is 1.71 bits per heavy atom. The number of anilines is 1. The summed E-state index contributed by atoms with van der Waals surface area (Å²) in [5, 5.41) is 4.46. The zero-order valence-corrected chi connectivity index (χ0v) is 20.6. The Bertz CT molecular complexity index is 1100. The molecule has 1 aromatic heterocycles. The van der Waals surface area contributed by atoms with Crippen LogP contribution in [-0.2, 0) is 4.79 Å². The van der Waals surface area contributed by atoms with E-state index < -0.39 is 0 Å². The van der Waals surface area contributed by atoms with Gasteiger partial charge in [0.1, 0.15) is 5.82 Å². The van der Waals surface area contributed by atoms with Crippen molar-refractivity contribution >= 4 is 39.4 Å². The molecule has 0 radical (unpaired) electrons. The van der Waals surface area contributed by atoms with Gasteiger partial charge in [0.2, 0.25) is 5.91 Å². The minimum atomic E-state index is 0.0114. The SMILES string of the molecule is O=C(C=Cc1ccccc1)NC[C@@H]1CCCC[C@@H]1CN1CCN(c2nsc3ccccc23)CC1. The number of rotatable bonds is 7. The first-order valence-electron chi connectivity index (χ1n) is 12.6. The number of benzene rings is 2. The molecule has 2 atom stereocenters. The van der Waals surface area contributed by atoms with Crippen LogP contribution in [0.5, 0.6) is 0 Å². The standard InChI is InChI=1S/C28H34N4OS/c33-27(15-14-22-8-2-1-3-9-22)29-20-23-10-4-5-11-24(23)21-31-16-18-32(19-17-31)28-25-12-6-7-13-26(25)34-30-28/h1-3,6-9,12-15,23-24H,4-5,10-11,16-21H2,(H,29,33)/t23-,24+/m0/s1. The summed E-state index contributed by atoms with van der Waals surface area (Å²) in [5.41, 5.74) is 1.05. The van der Waals surface area contributed by atoms with E-state index in [1.165, 1.54) is 35.8 Å². The number of hydrogen-bond acceptors (Lipinski definition) is 5. The minimum absolute atomic E-state index is 0.0114. The summed E-state index contributed by atoms with van der Waals surface area (Å²) < 4.78 is 6.02. The lowest BCUT2D eigenvalue weighted by atomic mass is 9.78. The van der Waals surface area contributed by atoms with Gasteiger partial charge >= 0.3 is 0 Å². The molecule has 1 saturated heterocycles. The van der Waals surface area contributed by atoms with Gasteiger partial charge in [-0.15, -0.1) is 0 Å². The van der Waals surface area contributed by atoms with E-state index >= 15 is 0 Å². The first-order chi connectivity index (χ1) is 16.8. The Morgan fingerprint density at radius 3 is 2.53 bits per heavy atom. The lowest BCUT2D eigenvalue weighted by Crippen LogP contribution is -2.49. The Balaban J connectivity index is 1.11. The van der Waals surface area contributed by atoms with E-state index in [1.807, 2.05) is 36.4 Å². The van der Waals surface area contributed by atoms with Gasteiger partial charge < -0.3 is 10.2 Å². The summed E-state index contributed by atoms with van der Waals surface area (Å²) in [6.45, 7) is 6.17. The van der Waals surface area contributed by atoms with Crippen molar-refractivity contribution in [2.45, 2.75) is 25.7 Å². The molecule has 6 heteroatoms. The third kappa shape index (κ3) is 5.68. The van der Waals surface area contributed by atoms with Crippen LogP contribution < -0.4 is 10.2 Å². The van der Waals surface area contributed by atoms with Gasteiger partial charge in [-0.1, -0.05) is 55.3 Å². The van der Waals surface area contributed by atoms with E-state index in [2.05, 4.69) is 39.4 Å². The highest BCUT2D eigenvalue weighted by Crippen LogP contribution is 2.32. The van der Waals surface area contributed by atoms with Gasteiger partial charge in [0.15, 0.2) is 0 Å². The van der Waals surface area contributed by atoms with Gasteiger partial charge in [-0.2, -0.15) is 4.37 Å². The minimum Gasteiger partial charge on any atom is -0.353 e. The average Bonchev–Trinajstić information content (AvgIpc) is 3.32. The Labute approximate surface area is 206 Å². The Kier molecular flexibility index (Phi) is 7.56. The third-order valence-corrected chi connectivity index (χ3v) is 8.17. The summed E-state index contributed by atoms with van der Waals surface area (Å²) in [7, 11) is 0. The molecule has 5 nitrogen and oxygen atoms in total. The van der Waals surface area contributed by atoms with E-state index in [0.717, 1.165) is 50.6 Å². The fourth-order valence-electron chi connectivity index (χ4n) is 5.39. The number of carbonyl (C=O) groups excluding carboxylic acids is 1. The molecule has 178 valence electrons. The molecule has 2 heterocycles. The van der Waals surface area contributed by atoms with Gasteiger partial charge in [0.05, 0.1) is 4.70 Å². The van der Waals surface area contributed by atoms with Crippen LogP contribution in [0.3, 0.4) is 0 Å². The van der Waals surface area contributed by atoms with Crippen LogP contribution in [0, 0.1) is 11.8 Å². The number of amides is 1. The summed E-state index contributed by atoms with van der Waals surface area (Å²) >= 11 is 1.60. The van der Waals surface area contributed by atoms with Gasteiger partial charge in [-0.3, -0.25) is 9.69 Å². The van der Waals surface area contributed by atoms with Crippen LogP contribution in [0.25, 0.3) is 16.2 Å². The maximum absolute atomic E-state index is 12.4. The number of piperazine rings is 1. The fraction of sp³-hybridized carbons (Fsp3) is 0.429. The highest BCUT2D eigenvalue weighted by atomic mass is 32.1. The first kappa shape index (κ1) is 23.1. The highest BCUT2D eigenvalue weighted by Gasteiger charge is 2.29. The molecule has 1 aliphatic carbocycles. The monoisotopic (exact) mass is 474 g/mol. The Hall–Kier alpha value is -2.70. The van der Waals surface area contributed by atoms with Crippen LogP contribution in [0.15, 0.2) is 60.7 Å². The molecule has 2 aliphatic rings. The molecule has 0 unspecified atom stereocenters. The van der Waals surface area contributed by atoms with Crippen LogP contribution in [0.1, 0.15) is 31.2 Å². The van der Waals surface area contributed by atoms with Crippen molar-refractivity contribution in [3.05, 3.63) is 66.2 Å². The third-order valence-electron chi connectivity index (χ3n) is 7.35. The van der Waals surface area contributed by atoms with Crippen LogP contribution >= 0.6 is 11.5 Å². The summed E-state index contributed by atoms with van der Waals surface area (Å²) in [6, 6.07) is 18.5. The van der Waals surface area contributed by atoms with Gasteiger partial charge in [-0.25, -0.2) is 0 Å². The molecule has 2 fully saturated rings. The van der Waals surface area contributed by atoms with Gasteiger partial charge in [0, 0.05) is 50.7 Å². The van der Waals surface area contributed by atoms with E-state index in [1.54, 1.807) is 17.6 Å². The fourth-order valence-corrected chi connectivity index (χ4v) is 6.19. The van der Waals surface area contributed by atoms with Crippen molar-refractivity contribution < 1.29 is 4.79 Å². The number of aromatic nitrogens is 1. The second-order valence-corrected chi connectivity index (χ2v) is 10.4. The van der Waals surface area contributed by atoms with Crippen molar-refractivity contribution in [2.24, 2.45) is 11.8 Å². The van der Waals surface area contributed by atoms with Crippen molar-refractivity contribution in [3.8, 4) is 0 Å². The van der Waals surface area contributed by atoms with Crippen molar-refractivity contribution in [3.63, 3.8) is 0 Å². The second-order valence-electron chi connectivity index (χ2n) is 9.58. The number of nitrogens with zero attached hydrogens (tertiary/aromatic N) is 3. The first-order valence-corrected chi connectivity index (χ1v) is 13.4. The molecule has 34 heavy (non-hydrogen) atoms. The smallest absolute Gasteiger partial charge is 0.244 e. The topological polar surface area (TPSA) is 48.5 Å². The number of nitrogens with one attached hydrogen (secondary N) is 1. The molecular formula is C28H34N4OS. The summed E-state index contributed by atoms with van der Waals surface area (Å²) in [5.74, 6) is 2.40. The molecule has 0 bridgehead atoms. The largest absolute Gasteiger partial charge is 0.353 e. The van der Waals surface area contributed by atoms with Crippen LogP contribution in [0.2, 0.25) is 0 Å². The molecule has 3 aromatic rings. The quantitative estimate of drug-likeness (QED) is 0.487. The zero-order chi connectivity index (χ0) is 23.2. The van der Waals surface area contributed by atoms with E-state index in [0.29, 0.717) is 11.8 Å².